The van der Waals surface area contributed by atoms with E-state index in [1.807, 2.05) is 13.0 Å². The van der Waals surface area contributed by atoms with Gasteiger partial charge in [0.2, 0.25) is 5.28 Å². The summed E-state index contributed by atoms with van der Waals surface area (Å²) in [6.45, 7) is 1.95. The highest BCUT2D eigenvalue weighted by Crippen LogP contribution is 2.36. The SMILES string of the molecule is Cc1cc(Nc2nc(Cl)nc3c2SCC3)n[nH]1. The van der Waals surface area contributed by atoms with Gasteiger partial charge < -0.3 is 5.32 Å². The molecule has 0 aliphatic carbocycles. The van der Waals surface area contributed by atoms with Crippen LogP contribution in [-0.4, -0.2) is 25.9 Å². The van der Waals surface area contributed by atoms with Gasteiger partial charge in [-0.3, -0.25) is 5.10 Å². The Morgan fingerprint density at radius 3 is 3.12 bits per heavy atom. The Kier molecular flexibility index (Phi) is 2.68. The lowest BCUT2D eigenvalue weighted by atomic mass is 10.3. The molecule has 1 aliphatic rings. The minimum absolute atomic E-state index is 0.279. The van der Waals surface area contributed by atoms with Crippen molar-refractivity contribution in [2.45, 2.75) is 18.2 Å². The summed E-state index contributed by atoms with van der Waals surface area (Å²) in [4.78, 5) is 9.52. The van der Waals surface area contributed by atoms with E-state index in [1.165, 1.54) is 0 Å². The predicted octanol–water partition coefficient (Wildman–Crippen LogP) is 2.55. The van der Waals surface area contributed by atoms with Gasteiger partial charge in [0.05, 0.1) is 10.6 Å². The number of aryl methyl sites for hydroxylation is 2. The number of fused-ring (bicyclic) bond motifs is 1. The fraction of sp³-hybridized carbons (Fsp3) is 0.300. The van der Waals surface area contributed by atoms with E-state index >= 15 is 0 Å². The topological polar surface area (TPSA) is 66.5 Å². The highest BCUT2D eigenvalue weighted by atomic mass is 35.5. The summed E-state index contributed by atoms with van der Waals surface area (Å²) in [5.41, 5.74) is 2.02. The van der Waals surface area contributed by atoms with Crippen molar-refractivity contribution in [3.8, 4) is 0 Å². The predicted molar refractivity (Wildman–Crippen MR) is 68.1 cm³/mol. The fourth-order valence-corrected chi connectivity index (χ4v) is 2.96. The van der Waals surface area contributed by atoms with Gasteiger partial charge in [0.1, 0.15) is 0 Å². The van der Waals surface area contributed by atoms with Gasteiger partial charge in [-0.2, -0.15) is 10.1 Å². The molecule has 7 heteroatoms. The van der Waals surface area contributed by atoms with Crippen molar-refractivity contribution in [3.63, 3.8) is 0 Å². The van der Waals surface area contributed by atoms with E-state index < -0.39 is 0 Å². The molecule has 2 aromatic rings. The lowest BCUT2D eigenvalue weighted by molar-refractivity contribution is 0.976. The Morgan fingerprint density at radius 2 is 2.35 bits per heavy atom. The van der Waals surface area contributed by atoms with Crippen molar-refractivity contribution in [1.29, 1.82) is 0 Å². The van der Waals surface area contributed by atoms with Gasteiger partial charge in [0, 0.05) is 23.9 Å². The van der Waals surface area contributed by atoms with E-state index in [0.29, 0.717) is 0 Å². The van der Waals surface area contributed by atoms with Crippen LogP contribution >= 0.6 is 23.4 Å². The maximum atomic E-state index is 5.90. The molecule has 2 aromatic heterocycles. The quantitative estimate of drug-likeness (QED) is 0.819. The molecule has 0 radical (unpaired) electrons. The van der Waals surface area contributed by atoms with E-state index in [0.717, 1.165) is 40.1 Å². The van der Waals surface area contributed by atoms with Crippen LogP contribution < -0.4 is 5.32 Å². The molecule has 0 aromatic carbocycles. The van der Waals surface area contributed by atoms with E-state index in [2.05, 4.69) is 25.5 Å². The van der Waals surface area contributed by atoms with Crippen LogP contribution in [0, 0.1) is 6.92 Å². The third-order valence-corrected chi connectivity index (χ3v) is 3.74. The molecule has 0 saturated heterocycles. The number of hydrogen-bond donors (Lipinski definition) is 2. The van der Waals surface area contributed by atoms with Crippen LogP contribution in [0.5, 0.6) is 0 Å². The first-order valence-corrected chi connectivity index (χ1v) is 6.57. The number of halogens is 1. The van der Waals surface area contributed by atoms with E-state index in [-0.39, 0.29) is 5.28 Å². The van der Waals surface area contributed by atoms with Crippen molar-refractivity contribution < 1.29 is 0 Å². The van der Waals surface area contributed by atoms with Crippen LogP contribution in [0.2, 0.25) is 5.28 Å². The number of hydrogen-bond acceptors (Lipinski definition) is 5. The molecule has 88 valence electrons. The Bertz CT molecular complexity index is 568. The number of anilines is 2. The molecule has 3 heterocycles. The average molecular weight is 268 g/mol. The van der Waals surface area contributed by atoms with Crippen molar-refractivity contribution in [2.75, 3.05) is 11.1 Å². The van der Waals surface area contributed by atoms with Gasteiger partial charge in [0.25, 0.3) is 0 Å². The van der Waals surface area contributed by atoms with Gasteiger partial charge in [-0.15, -0.1) is 11.8 Å². The normalized spacial score (nSPS) is 13.8. The van der Waals surface area contributed by atoms with Crippen molar-refractivity contribution in [2.24, 2.45) is 0 Å². The van der Waals surface area contributed by atoms with Gasteiger partial charge in [-0.05, 0) is 18.5 Å². The number of nitrogens with one attached hydrogen (secondary N) is 2. The Hall–Kier alpha value is -1.27. The monoisotopic (exact) mass is 267 g/mol. The Balaban J connectivity index is 1.98. The fourth-order valence-electron chi connectivity index (χ4n) is 1.73. The Labute approximate surface area is 107 Å². The zero-order chi connectivity index (χ0) is 11.8. The number of thioether (sulfide) groups is 1. The van der Waals surface area contributed by atoms with Crippen LogP contribution in [0.3, 0.4) is 0 Å². The standard InChI is InChI=1S/C10H10ClN5S/c1-5-4-7(16-15-5)13-9-8-6(2-3-17-8)12-10(11)14-9/h4H,2-3H2,1H3,(H2,12,13,14,15,16). The highest BCUT2D eigenvalue weighted by Gasteiger charge is 2.20. The summed E-state index contributed by atoms with van der Waals surface area (Å²) in [5.74, 6) is 2.51. The first kappa shape index (κ1) is 10.9. The molecule has 5 nitrogen and oxygen atoms in total. The zero-order valence-electron chi connectivity index (χ0n) is 9.12. The van der Waals surface area contributed by atoms with Crippen LogP contribution in [0.1, 0.15) is 11.4 Å². The Morgan fingerprint density at radius 1 is 1.47 bits per heavy atom. The molecule has 0 saturated carbocycles. The summed E-state index contributed by atoms with van der Waals surface area (Å²) in [5, 5.41) is 10.4. The number of aromatic amines is 1. The van der Waals surface area contributed by atoms with Crippen LogP contribution in [0.25, 0.3) is 0 Å². The van der Waals surface area contributed by atoms with E-state index in [4.69, 9.17) is 11.6 Å². The number of nitrogens with zero attached hydrogens (tertiary/aromatic N) is 3. The molecule has 0 unspecified atom stereocenters. The van der Waals surface area contributed by atoms with Crippen LogP contribution in [-0.2, 0) is 6.42 Å². The highest BCUT2D eigenvalue weighted by molar-refractivity contribution is 7.99. The molecule has 0 fully saturated rings. The van der Waals surface area contributed by atoms with Crippen LogP contribution in [0.15, 0.2) is 11.0 Å². The second kappa shape index (κ2) is 4.19. The minimum atomic E-state index is 0.279. The van der Waals surface area contributed by atoms with E-state index in [1.54, 1.807) is 11.8 Å². The second-order valence-electron chi connectivity index (χ2n) is 3.78. The van der Waals surface area contributed by atoms with Crippen molar-refractivity contribution in [3.05, 3.63) is 22.7 Å². The molecular formula is C10H10ClN5S. The van der Waals surface area contributed by atoms with Gasteiger partial charge in [0.15, 0.2) is 11.6 Å². The summed E-state index contributed by atoms with van der Waals surface area (Å²) < 4.78 is 0. The lowest BCUT2D eigenvalue weighted by Gasteiger charge is -2.07. The zero-order valence-corrected chi connectivity index (χ0v) is 10.7. The summed E-state index contributed by atoms with van der Waals surface area (Å²) in [6.07, 6.45) is 0.941. The molecule has 2 N–H and O–H groups in total. The molecular weight excluding hydrogens is 258 g/mol. The maximum Gasteiger partial charge on any atom is 0.224 e. The van der Waals surface area contributed by atoms with E-state index in [9.17, 15) is 0 Å². The number of rotatable bonds is 2. The molecule has 17 heavy (non-hydrogen) atoms. The lowest BCUT2D eigenvalue weighted by Crippen LogP contribution is -2.00. The minimum Gasteiger partial charge on any atom is -0.322 e. The molecule has 1 aliphatic heterocycles. The van der Waals surface area contributed by atoms with Crippen molar-refractivity contribution >= 4 is 35.0 Å². The summed E-state index contributed by atoms with van der Waals surface area (Å²) >= 11 is 7.65. The molecule has 3 rings (SSSR count). The first-order valence-electron chi connectivity index (χ1n) is 5.20. The molecule has 0 amide bonds. The molecule has 0 spiro atoms. The van der Waals surface area contributed by atoms with Crippen LogP contribution in [0.4, 0.5) is 11.6 Å². The molecule has 0 bridgehead atoms. The average Bonchev–Trinajstić information content (AvgIpc) is 2.87. The van der Waals surface area contributed by atoms with Gasteiger partial charge in [-0.25, -0.2) is 4.98 Å². The second-order valence-corrected chi connectivity index (χ2v) is 5.22. The summed E-state index contributed by atoms with van der Waals surface area (Å²) in [6, 6.07) is 1.92. The van der Waals surface area contributed by atoms with Gasteiger partial charge in [-0.1, -0.05) is 0 Å². The smallest absolute Gasteiger partial charge is 0.224 e. The van der Waals surface area contributed by atoms with Gasteiger partial charge >= 0.3 is 0 Å². The third-order valence-electron chi connectivity index (χ3n) is 2.45. The summed E-state index contributed by atoms with van der Waals surface area (Å²) in [7, 11) is 0. The molecule has 0 atom stereocenters. The first-order chi connectivity index (χ1) is 8.22. The largest absolute Gasteiger partial charge is 0.322 e. The van der Waals surface area contributed by atoms with Crippen molar-refractivity contribution in [1.82, 2.24) is 20.2 Å². The number of aromatic nitrogens is 4. The number of H-pyrrole nitrogens is 1. The third kappa shape index (κ3) is 2.10. The maximum absolute atomic E-state index is 5.90.